The van der Waals surface area contributed by atoms with Gasteiger partial charge in [-0.2, -0.15) is 0 Å². The minimum atomic E-state index is -0.932. The summed E-state index contributed by atoms with van der Waals surface area (Å²) in [5.41, 5.74) is 0. The minimum absolute atomic E-state index is 0.117. The summed E-state index contributed by atoms with van der Waals surface area (Å²) in [6.07, 6.45) is 0. The van der Waals surface area contributed by atoms with Crippen molar-refractivity contribution < 1.29 is 15.0 Å². The van der Waals surface area contributed by atoms with E-state index < -0.39 is 10.7 Å². The quantitative estimate of drug-likeness (QED) is 0.755. The Labute approximate surface area is 86.8 Å². The Morgan fingerprint density at radius 2 is 1.93 bits per heavy atom. The smallest absolute Gasteiger partial charge is 0.319 e. The van der Waals surface area contributed by atoms with Gasteiger partial charge in [0.25, 0.3) is 0 Å². The van der Waals surface area contributed by atoms with Crippen LogP contribution < -0.4 is 0 Å². The second kappa shape index (κ2) is 3.92. The van der Waals surface area contributed by atoms with Gasteiger partial charge in [0.15, 0.2) is 0 Å². The van der Waals surface area contributed by atoms with Crippen molar-refractivity contribution >= 4 is 17.7 Å². The molecule has 0 atom stereocenters. The molecule has 0 unspecified atom stereocenters. The zero-order chi connectivity index (χ0) is 10.8. The molecule has 0 amide bonds. The number of aromatic hydroxyl groups is 1. The normalized spacial score (nSPS) is 11.3. The van der Waals surface area contributed by atoms with Gasteiger partial charge in [-0.15, -0.1) is 11.8 Å². The molecular weight excluding hydrogens is 200 g/mol. The number of carbonyl (C=O) groups is 1. The molecule has 0 radical (unpaired) electrons. The fraction of sp³-hybridized carbons (Fsp3) is 0.300. The molecule has 0 bridgehead atoms. The van der Waals surface area contributed by atoms with Crippen LogP contribution in [0.3, 0.4) is 0 Å². The molecule has 0 aliphatic heterocycles. The first-order valence-corrected chi connectivity index (χ1v) is 4.95. The van der Waals surface area contributed by atoms with Crippen LogP contribution in [-0.4, -0.2) is 20.9 Å². The van der Waals surface area contributed by atoms with E-state index in [1.807, 2.05) is 0 Å². The van der Waals surface area contributed by atoms with Crippen molar-refractivity contribution in [2.24, 2.45) is 0 Å². The zero-order valence-electron chi connectivity index (χ0n) is 8.02. The fourth-order valence-electron chi connectivity index (χ4n) is 0.862. The lowest BCUT2D eigenvalue weighted by Crippen LogP contribution is -2.26. The zero-order valence-corrected chi connectivity index (χ0v) is 8.84. The molecule has 0 aromatic heterocycles. The number of thioether (sulfide) groups is 1. The van der Waals surface area contributed by atoms with Crippen molar-refractivity contribution in [3.8, 4) is 5.75 Å². The van der Waals surface area contributed by atoms with E-state index in [0.29, 0.717) is 4.90 Å². The summed E-state index contributed by atoms with van der Waals surface area (Å²) >= 11 is 1.13. The van der Waals surface area contributed by atoms with Crippen LogP contribution in [-0.2, 0) is 4.79 Å². The molecular formula is C10H12O3S. The maximum Gasteiger partial charge on any atom is 0.319 e. The van der Waals surface area contributed by atoms with Crippen LogP contribution in [0.25, 0.3) is 0 Å². The third-order valence-electron chi connectivity index (χ3n) is 1.75. The number of aliphatic carboxylic acids is 1. The fourth-order valence-corrected chi connectivity index (χ4v) is 1.82. The third kappa shape index (κ3) is 2.42. The maximum absolute atomic E-state index is 10.8. The van der Waals surface area contributed by atoms with Gasteiger partial charge in [-0.05, 0) is 26.0 Å². The van der Waals surface area contributed by atoms with E-state index in [9.17, 15) is 9.90 Å². The first kappa shape index (κ1) is 10.9. The number of phenolic OH excluding ortho intramolecular Hbond substituents is 1. The lowest BCUT2D eigenvalue weighted by molar-refractivity contribution is -0.138. The molecule has 76 valence electrons. The molecule has 0 saturated carbocycles. The van der Waals surface area contributed by atoms with Crippen LogP contribution in [0.2, 0.25) is 0 Å². The molecule has 0 spiro atoms. The van der Waals surface area contributed by atoms with Crippen molar-refractivity contribution in [3.05, 3.63) is 24.3 Å². The van der Waals surface area contributed by atoms with Crippen LogP contribution >= 0.6 is 11.8 Å². The molecule has 0 aliphatic rings. The van der Waals surface area contributed by atoms with Crippen LogP contribution in [0.15, 0.2) is 29.2 Å². The number of carboxylic acid groups (broad SMARTS) is 1. The molecule has 14 heavy (non-hydrogen) atoms. The number of hydrogen-bond acceptors (Lipinski definition) is 3. The average molecular weight is 212 g/mol. The first-order valence-electron chi connectivity index (χ1n) is 4.14. The molecule has 0 heterocycles. The summed E-state index contributed by atoms with van der Waals surface area (Å²) in [6.45, 7) is 3.21. The number of hydrogen-bond donors (Lipinski definition) is 2. The predicted octanol–water partition coefficient (Wildman–Crippen LogP) is 2.35. The first-order chi connectivity index (χ1) is 6.43. The third-order valence-corrected chi connectivity index (χ3v) is 3.00. The molecule has 2 N–H and O–H groups in total. The highest BCUT2D eigenvalue weighted by molar-refractivity contribution is 8.01. The van der Waals surface area contributed by atoms with E-state index in [4.69, 9.17) is 5.11 Å². The summed E-state index contributed by atoms with van der Waals surface area (Å²) in [5, 5.41) is 18.3. The maximum atomic E-state index is 10.8. The summed E-state index contributed by atoms with van der Waals surface area (Å²) in [4.78, 5) is 11.4. The Bertz CT molecular complexity index is 347. The standard InChI is InChI=1S/C10H12O3S/c1-10(2,9(12)13)14-8-6-4-3-5-7(8)11/h3-6,11H,1-2H3,(H,12,13). The number of benzene rings is 1. The molecule has 1 rings (SSSR count). The molecule has 4 heteroatoms. The SMILES string of the molecule is CC(C)(Sc1ccccc1O)C(=O)O. The average Bonchev–Trinajstić information content (AvgIpc) is 2.08. The Morgan fingerprint density at radius 1 is 1.36 bits per heavy atom. The summed E-state index contributed by atoms with van der Waals surface area (Å²) in [7, 11) is 0. The van der Waals surface area contributed by atoms with E-state index in [-0.39, 0.29) is 5.75 Å². The molecule has 1 aromatic rings. The molecule has 1 aromatic carbocycles. The Morgan fingerprint density at radius 3 is 2.43 bits per heavy atom. The van der Waals surface area contributed by atoms with Crippen LogP contribution in [0.4, 0.5) is 0 Å². The van der Waals surface area contributed by atoms with Gasteiger partial charge in [-0.3, -0.25) is 4.79 Å². The van der Waals surface area contributed by atoms with Gasteiger partial charge in [-0.25, -0.2) is 0 Å². The van der Waals surface area contributed by atoms with Crippen molar-refractivity contribution in [3.63, 3.8) is 0 Å². The predicted molar refractivity (Wildman–Crippen MR) is 55.7 cm³/mol. The Balaban J connectivity index is 2.89. The minimum Gasteiger partial charge on any atom is -0.507 e. The van der Waals surface area contributed by atoms with E-state index in [0.717, 1.165) is 11.8 Å². The summed E-state index contributed by atoms with van der Waals surface area (Å²) in [6, 6.07) is 6.71. The van der Waals surface area contributed by atoms with Crippen molar-refractivity contribution in [1.82, 2.24) is 0 Å². The van der Waals surface area contributed by atoms with Crippen LogP contribution in [0, 0.1) is 0 Å². The van der Waals surface area contributed by atoms with Crippen molar-refractivity contribution in [1.29, 1.82) is 0 Å². The summed E-state index contributed by atoms with van der Waals surface area (Å²) in [5.74, 6) is -0.780. The van der Waals surface area contributed by atoms with Gasteiger partial charge < -0.3 is 10.2 Å². The molecule has 3 nitrogen and oxygen atoms in total. The van der Waals surface area contributed by atoms with Crippen LogP contribution in [0.5, 0.6) is 5.75 Å². The van der Waals surface area contributed by atoms with Gasteiger partial charge in [0.2, 0.25) is 0 Å². The lowest BCUT2D eigenvalue weighted by atomic mass is 10.2. The topological polar surface area (TPSA) is 57.5 Å². The van der Waals surface area contributed by atoms with Gasteiger partial charge in [0.1, 0.15) is 10.5 Å². The van der Waals surface area contributed by atoms with Crippen molar-refractivity contribution in [2.75, 3.05) is 0 Å². The molecule has 0 saturated heterocycles. The number of para-hydroxylation sites is 1. The Kier molecular flexibility index (Phi) is 3.06. The molecule has 0 aliphatic carbocycles. The monoisotopic (exact) mass is 212 g/mol. The van der Waals surface area contributed by atoms with E-state index in [1.54, 1.807) is 38.1 Å². The van der Waals surface area contributed by atoms with E-state index in [2.05, 4.69) is 0 Å². The van der Waals surface area contributed by atoms with E-state index in [1.165, 1.54) is 0 Å². The Hall–Kier alpha value is -1.16. The van der Waals surface area contributed by atoms with Gasteiger partial charge in [0, 0.05) is 0 Å². The lowest BCUT2D eigenvalue weighted by Gasteiger charge is -2.18. The second-order valence-corrected chi connectivity index (χ2v) is 5.05. The highest BCUT2D eigenvalue weighted by Crippen LogP contribution is 2.37. The number of rotatable bonds is 3. The summed E-state index contributed by atoms with van der Waals surface area (Å²) < 4.78 is -0.932. The highest BCUT2D eigenvalue weighted by Gasteiger charge is 2.29. The van der Waals surface area contributed by atoms with E-state index >= 15 is 0 Å². The van der Waals surface area contributed by atoms with Gasteiger partial charge >= 0.3 is 5.97 Å². The number of phenols is 1. The second-order valence-electron chi connectivity index (χ2n) is 3.39. The largest absolute Gasteiger partial charge is 0.507 e. The van der Waals surface area contributed by atoms with Gasteiger partial charge in [-0.1, -0.05) is 12.1 Å². The van der Waals surface area contributed by atoms with Crippen molar-refractivity contribution in [2.45, 2.75) is 23.5 Å². The molecule has 0 fully saturated rings. The number of carboxylic acids is 1. The van der Waals surface area contributed by atoms with Gasteiger partial charge in [0.05, 0.1) is 4.90 Å². The highest BCUT2D eigenvalue weighted by atomic mass is 32.2. The van der Waals surface area contributed by atoms with Crippen LogP contribution in [0.1, 0.15) is 13.8 Å².